The average Bonchev–Trinajstić information content (AvgIpc) is 3.18. The summed E-state index contributed by atoms with van der Waals surface area (Å²) in [6.07, 6.45) is 2.60. The van der Waals surface area contributed by atoms with Gasteiger partial charge in [-0.3, -0.25) is 20.2 Å². The van der Waals surface area contributed by atoms with Gasteiger partial charge in [-0.2, -0.15) is 5.26 Å². The fraction of sp³-hybridized carbons (Fsp3) is 0.0526. The monoisotopic (exact) mass is 423 g/mol. The first-order valence-electron chi connectivity index (χ1n) is 8.23. The molecule has 29 heavy (non-hydrogen) atoms. The summed E-state index contributed by atoms with van der Waals surface area (Å²) < 4.78 is 0.687. The molecule has 1 heterocycles. The van der Waals surface area contributed by atoms with E-state index in [1.54, 1.807) is 30.3 Å². The summed E-state index contributed by atoms with van der Waals surface area (Å²) in [4.78, 5) is 22.5. The number of para-hydroxylation sites is 1. The highest BCUT2D eigenvalue weighted by Crippen LogP contribution is 2.28. The molecule has 0 radical (unpaired) electrons. The van der Waals surface area contributed by atoms with Gasteiger partial charge in [0.15, 0.2) is 4.34 Å². The molecule has 0 unspecified atom stereocenters. The minimum absolute atomic E-state index is 0.0750. The number of hydrogen-bond acceptors (Lipinski definition) is 8. The van der Waals surface area contributed by atoms with Crippen molar-refractivity contribution < 1.29 is 9.72 Å². The third-order valence-electron chi connectivity index (χ3n) is 3.63. The lowest BCUT2D eigenvalue weighted by molar-refractivity contribution is -0.385. The SMILES string of the molecule is N#Cc1ccc(CSc2nnc(NC(=O)/C=C/c3ccccc3[N+](=O)[O-])s2)cc1. The summed E-state index contributed by atoms with van der Waals surface area (Å²) in [5.74, 6) is 0.203. The van der Waals surface area contributed by atoms with Crippen LogP contribution in [0, 0.1) is 21.4 Å². The highest BCUT2D eigenvalue weighted by molar-refractivity contribution is 8.00. The number of benzene rings is 2. The Kier molecular flexibility index (Phi) is 6.67. The van der Waals surface area contributed by atoms with Crippen molar-refractivity contribution in [1.82, 2.24) is 10.2 Å². The first kappa shape index (κ1) is 20.2. The number of rotatable bonds is 7. The summed E-state index contributed by atoms with van der Waals surface area (Å²) in [5.41, 5.74) is 1.91. The van der Waals surface area contributed by atoms with Crippen LogP contribution in [0.1, 0.15) is 16.7 Å². The van der Waals surface area contributed by atoms with Crippen molar-refractivity contribution in [3.63, 3.8) is 0 Å². The molecule has 0 aliphatic carbocycles. The molecule has 0 fully saturated rings. The molecular weight excluding hydrogens is 410 g/mol. The van der Waals surface area contributed by atoms with Gasteiger partial charge in [-0.25, -0.2) is 0 Å². The highest BCUT2D eigenvalue weighted by atomic mass is 32.2. The Bertz CT molecular complexity index is 1100. The van der Waals surface area contributed by atoms with Gasteiger partial charge in [0.05, 0.1) is 22.1 Å². The van der Waals surface area contributed by atoms with Crippen LogP contribution in [0.4, 0.5) is 10.8 Å². The molecule has 1 aromatic heterocycles. The van der Waals surface area contributed by atoms with E-state index in [9.17, 15) is 14.9 Å². The van der Waals surface area contributed by atoms with Crippen LogP contribution in [0.2, 0.25) is 0 Å². The molecule has 3 rings (SSSR count). The Labute approximate surface area is 174 Å². The second-order valence-corrected chi connectivity index (χ2v) is 7.81. The molecule has 0 saturated carbocycles. The van der Waals surface area contributed by atoms with E-state index in [2.05, 4.69) is 21.6 Å². The van der Waals surface area contributed by atoms with Crippen LogP contribution in [-0.4, -0.2) is 21.0 Å². The lowest BCUT2D eigenvalue weighted by Crippen LogP contribution is -2.07. The van der Waals surface area contributed by atoms with Crippen molar-refractivity contribution in [2.24, 2.45) is 0 Å². The van der Waals surface area contributed by atoms with Crippen LogP contribution in [0.3, 0.4) is 0 Å². The molecule has 0 aliphatic rings. The van der Waals surface area contributed by atoms with Gasteiger partial charge >= 0.3 is 0 Å². The average molecular weight is 423 g/mol. The van der Waals surface area contributed by atoms with Gasteiger partial charge in [0.1, 0.15) is 0 Å². The number of amides is 1. The van der Waals surface area contributed by atoms with Crippen LogP contribution in [-0.2, 0) is 10.5 Å². The molecule has 1 N–H and O–H groups in total. The Balaban J connectivity index is 1.56. The minimum Gasteiger partial charge on any atom is -0.297 e. The third kappa shape index (κ3) is 5.71. The number of nitrogens with one attached hydrogen (secondary N) is 1. The normalized spacial score (nSPS) is 10.6. The first-order valence-corrected chi connectivity index (χ1v) is 10.0. The number of hydrogen-bond donors (Lipinski definition) is 1. The van der Waals surface area contributed by atoms with E-state index in [-0.39, 0.29) is 5.69 Å². The van der Waals surface area contributed by atoms with E-state index >= 15 is 0 Å². The number of thioether (sulfide) groups is 1. The molecule has 3 aromatic rings. The van der Waals surface area contributed by atoms with Crippen LogP contribution >= 0.6 is 23.1 Å². The molecule has 0 aliphatic heterocycles. The Morgan fingerprint density at radius 1 is 1.24 bits per heavy atom. The van der Waals surface area contributed by atoms with Crippen LogP contribution in [0.25, 0.3) is 6.08 Å². The van der Waals surface area contributed by atoms with E-state index in [1.165, 1.54) is 41.3 Å². The first-order chi connectivity index (χ1) is 14.0. The molecule has 0 bridgehead atoms. The maximum Gasteiger partial charge on any atom is 0.276 e. The van der Waals surface area contributed by atoms with Gasteiger partial charge in [0, 0.05) is 17.9 Å². The van der Waals surface area contributed by atoms with E-state index in [1.807, 2.05) is 12.1 Å². The molecule has 0 spiro atoms. The zero-order valence-corrected chi connectivity index (χ0v) is 16.4. The standard InChI is InChI=1S/C19H13N5O3S2/c20-11-13-5-7-14(8-6-13)12-28-19-23-22-18(29-19)21-17(25)10-9-15-3-1-2-4-16(15)24(26)27/h1-10H,12H2,(H,21,22,25)/b10-9+. The van der Waals surface area contributed by atoms with Crippen molar-refractivity contribution in [2.75, 3.05) is 5.32 Å². The molecule has 0 atom stereocenters. The highest BCUT2D eigenvalue weighted by Gasteiger charge is 2.11. The zero-order valence-electron chi connectivity index (χ0n) is 14.8. The van der Waals surface area contributed by atoms with Gasteiger partial charge < -0.3 is 0 Å². The number of aromatic nitrogens is 2. The molecular formula is C19H13N5O3S2. The smallest absolute Gasteiger partial charge is 0.276 e. The molecule has 0 saturated heterocycles. The van der Waals surface area contributed by atoms with E-state index in [0.717, 1.165) is 5.56 Å². The van der Waals surface area contributed by atoms with Crippen LogP contribution in [0.5, 0.6) is 0 Å². The summed E-state index contributed by atoms with van der Waals surface area (Å²) in [6, 6.07) is 15.5. The van der Waals surface area contributed by atoms with E-state index in [0.29, 0.717) is 26.4 Å². The molecule has 8 nitrogen and oxygen atoms in total. The Morgan fingerprint density at radius 2 is 2.00 bits per heavy atom. The lowest BCUT2D eigenvalue weighted by atomic mass is 10.1. The van der Waals surface area contributed by atoms with E-state index < -0.39 is 10.8 Å². The predicted octanol–water partition coefficient (Wildman–Crippen LogP) is 4.26. The van der Waals surface area contributed by atoms with Crippen molar-refractivity contribution in [1.29, 1.82) is 5.26 Å². The van der Waals surface area contributed by atoms with Gasteiger partial charge in [0.25, 0.3) is 5.69 Å². The van der Waals surface area contributed by atoms with Crippen molar-refractivity contribution >= 4 is 45.9 Å². The Morgan fingerprint density at radius 3 is 2.72 bits per heavy atom. The number of nitro groups is 1. The van der Waals surface area contributed by atoms with Crippen molar-refractivity contribution in [3.05, 3.63) is 81.4 Å². The summed E-state index contributed by atoms with van der Waals surface area (Å²) in [5, 5.41) is 30.7. The van der Waals surface area contributed by atoms with Gasteiger partial charge in [-0.1, -0.05) is 47.4 Å². The van der Waals surface area contributed by atoms with Crippen molar-refractivity contribution in [2.45, 2.75) is 10.1 Å². The number of carbonyl (C=O) groups is 1. The summed E-state index contributed by atoms with van der Waals surface area (Å²) >= 11 is 2.70. The second kappa shape index (κ2) is 9.59. The molecule has 2 aromatic carbocycles. The maximum atomic E-state index is 12.1. The number of nitriles is 1. The summed E-state index contributed by atoms with van der Waals surface area (Å²) in [6.45, 7) is 0. The largest absolute Gasteiger partial charge is 0.297 e. The third-order valence-corrected chi connectivity index (χ3v) is 5.67. The topological polar surface area (TPSA) is 122 Å². The maximum absolute atomic E-state index is 12.1. The zero-order chi connectivity index (χ0) is 20.6. The minimum atomic E-state index is -0.500. The number of nitrogens with zero attached hydrogens (tertiary/aromatic N) is 4. The summed E-state index contributed by atoms with van der Waals surface area (Å²) in [7, 11) is 0. The molecule has 144 valence electrons. The fourth-order valence-electron chi connectivity index (χ4n) is 2.25. The fourth-order valence-corrected chi connectivity index (χ4v) is 3.96. The second-order valence-electron chi connectivity index (χ2n) is 5.61. The number of nitro benzene ring substituents is 1. The molecule has 1 amide bonds. The van der Waals surface area contributed by atoms with Gasteiger partial charge in [-0.05, 0) is 29.8 Å². The quantitative estimate of drug-likeness (QED) is 0.198. The number of anilines is 1. The van der Waals surface area contributed by atoms with Crippen molar-refractivity contribution in [3.8, 4) is 6.07 Å². The molecule has 10 heteroatoms. The van der Waals surface area contributed by atoms with Crippen LogP contribution in [0.15, 0.2) is 58.9 Å². The van der Waals surface area contributed by atoms with Gasteiger partial charge in [-0.15, -0.1) is 10.2 Å². The number of carbonyl (C=O) groups excluding carboxylic acids is 1. The lowest BCUT2D eigenvalue weighted by Gasteiger charge is -1.98. The van der Waals surface area contributed by atoms with Gasteiger partial charge in [0.2, 0.25) is 11.0 Å². The Hall–Kier alpha value is -3.55. The predicted molar refractivity (Wildman–Crippen MR) is 111 cm³/mol. The van der Waals surface area contributed by atoms with E-state index in [4.69, 9.17) is 5.26 Å². The van der Waals surface area contributed by atoms with Crippen LogP contribution < -0.4 is 5.32 Å².